The minimum atomic E-state index is 0. The molecule has 0 N–H and O–H groups in total. The Morgan fingerprint density at radius 2 is 2.08 bits per heavy atom. The topological polar surface area (TPSA) is 55.7 Å². The quantitative estimate of drug-likeness (QED) is 0.330. The zero-order valence-corrected chi connectivity index (χ0v) is 11.9. The molecular weight excluding hydrogens is 195 g/mol. The molecule has 0 aromatic rings. The predicted octanol–water partition coefficient (Wildman–Crippen LogP) is -0.312. The van der Waals surface area contributed by atoms with Crippen molar-refractivity contribution >= 4 is 0 Å². The molecule has 5 heteroatoms. The van der Waals surface area contributed by atoms with E-state index in [4.69, 9.17) is 0 Å². The van der Waals surface area contributed by atoms with Crippen LogP contribution in [0.5, 0.6) is 0 Å². The molecule has 0 spiro atoms. The van der Waals surface area contributed by atoms with Gasteiger partial charge in [-0.2, -0.15) is 0 Å². The molecule has 0 radical (unpaired) electrons. The molecule has 4 nitrogen and oxygen atoms in total. The van der Waals surface area contributed by atoms with Crippen LogP contribution in [0.1, 0.15) is 39.5 Å². The van der Waals surface area contributed by atoms with Gasteiger partial charge in [-0.05, 0) is 12.3 Å². The number of nitroso groups, excluding NO2 is 1. The Hall–Kier alpha value is 0.996. The van der Waals surface area contributed by atoms with E-state index in [-0.39, 0.29) is 63.1 Å². The van der Waals surface area contributed by atoms with E-state index in [1.54, 1.807) is 0 Å². The molecular formula is C8H17KN2O2. The van der Waals surface area contributed by atoms with Gasteiger partial charge in [0.2, 0.25) is 0 Å². The smallest absolute Gasteiger partial charge is 0.739 e. The average Bonchev–Trinajstić information content (AvgIpc) is 2.11. The zero-order valence-electron chi connectivity index (χ0n) is 8.82. The summed E-state index contributed by atoms with van der Waals surface area (Å²) in [5.41, 5.74) is 0. The molecule has 0 rings (SSSR count). The van der Waals surface area contributed by atoms with Gasteiger partial charge in [-0.3, -0.25) is 0 Å². The fourth-order valence-electron chi connectivity index (χ4n) is 1.17. The first-order valence-electron chi connectivity index (χ1n) is 4.52. The summed E-state index contributed by atoms with van der Waals surface area (Å²) < 4.78 is 0. The monoisotopic (exact) mass is 212 g/mol. The van der Waals surface area contributed by atoms with Gasteiger partial charge >= 0.3 is 51.4 Å². The van der Waals surface area contributed by atoms with Crippen LogP contribution in [0, 0.1) is 16.0 Å². The van der Waals surface area contributed by atoms with Gasteiger partial charge in [0.25, 0.3) is 0 Å². The number of unbranched alkanes of at least 4 members (excludes halogenated alkanes) is 1. The second-order valence-corrected chi connectivity index (χ2v) is 3.03. The van der Waals surface area contributed by atoms with E-state index >= 15 is 0 Å². The summed E-state index contributed by atoms with van der Waals surface area (Å²) in [5, 5.41) is 13.1. The molecule has 0 aliphatic rings. The standard InChI is InChI=1S/C8H17N2O2.K/c1-3-5-6-8(4-2)7-10(12)9-11;/h8H,3-7H2,1-2H3;/q-1;+1. The summed E-state index contributed by atoms with van der Waals surface area (Å²) in [6, 6.07) is 0. The summed E-state index contributed by atoms with van der Waals surface area (Å²) in [6.45, 7) is 4.39. The molecule has 0 aliphatic heterocycles. The van der Waals surface area contributed by atoms with Gasteiger partial charge in [0, 0.05) is 11.8 Å². The Morgan fingerprint density at radius 1 is 1.46 bits per heavy atom. The third kappa shape index (κ3) is 9.30. The SMILES string of the molecule is CCCCC(CC)CN([O-])N=O.[K+]. The van der Waals surface area contributed by atoms with Crippen LogP contribution >= 0.6 is 0 Å². The van der Waals surface area contributed by atoms with Crippen LogP contribution < -0.4 is 51.4 Å². The minimum absolute atomic E-state index is 0. The largest absolute Gasteiger partial charge is 1.00 e. The van der Waals surface area contributed by atoms with Gasteiger partial charge in [0.15, 0.2) is 0 Å². The van der Waals surface area contributed by atoms with Crippen molar-refractivity contribution in [1.82, 2.24) is 5.17 Å². The molecule has 1 atom stereocenters. The van der Waals surface area contributed by atoms with Crippen LogP contribution in [0.3, 0.4) is 0 Å². The van der Waals surface area contributed by atoms with Gasteiger partial charge in [-0.1, -0.05) is 33.1 Å². The second-order valence-electron chi connectivity index (χ2n) is 3.03. The second kappa shape index (κ2) is 11.1. The summed E-state index contributed by atoms with van der Waals surface area (Å²) in [7, 11) is 0. The van der Waals surface area contributed by atoms with Gasteiger partial charge < -0.3 is 10.4 Å². The summed E-state index contributed by atoms with van der Waals surface area (Å²) in [4.78, 5) is 9.79. The van der Waals surface area contributed by atoms with E-state index in [0.717, 1.165) is 25.7 Å². The molecule has 0 heterocycles. The third-order valence-corrected chi connectivity index (χ3v) is 2.05. The number of hydrogen-bond acceptors (Lipinski definition) is 3. The van der Waals surface area contributed by atoms with Crippen molar-refractivity contribution in [3.8, 4) is 0 Å². The maximum absolute atomic E-state index is 10.6. The van der Waals surface area contributed by atoms with Crippen molar-refractivity contribution in [2.24, 2.45) is 11.2 Å². The molecule has 13 heavy (non-hydrogen) atoms. The van der Waals surface area contributed by atoms with Crippen LogP contribution in [-0.2, 0) is 0 Å². The van der Waals surface area contributed by atoms with Crippen molar-refractivity contribution < 1.29 is 51.4 Å². The van der Waals surface area contributed by atoms with Crippen molar-refractivity contribution in [1.29, 1.82) is 0 Å². The first-order chi connectivity index (χ1) is 5.74. The van der Waals surface area contributed by atoms with Crippen LogP contribution in [-0.4, -0.2) is 11.7 Å². The summed E-state index contributed by atoms with van der Waals surface area (Å²) >= 11 is 0. The average molecular weight is 212 g/mol. The van der Waals surface area contributed by atoms with Crippen LogP contribution in [0.25, 0.3) is 0 Å². The zero-order chi connectivity index (χ0) is 9.40. The van der Waals surface area contributed by atoms with Crippen molar-refractivity contribution in [3.63, 3.8) is 0 Å². The van der Waals surface area contributed by atoms with Gasteiger partial charge in [-0.15, -0.1) is 4.91 Å². The summed E-state index contributed by atoms with van der Waals surface area (Å²) in [5.74, 6) is 0.320. The number of nitrogens with zero attached hydrogens (tertiary/aromatic N) is 2. The van der Waals surface area contributed by atoms with E-state index in [1.165, 1.54) is 0 Å². The van der Waals surface area contributed by atoms with E-state index in [0.29, 0.717) is 5.92 Å². The number of rotatable bonds is 7. The normalized spacial score (nSPS) is 11.6. The van der Waals surface area contributed by atoms with Gasteiger partial charge in [0.1, 0.15) is 0 Å². The number of hydroxylamine groups is 1. The Morgan fingerprint density at radius 3 is 2.46 bits per heavy atom. The third-order valence-electron chi connectivity index (χ3n) is 2.05. The molecule has 0 saturated carbocycles. The maximum Gasteiger partial charge on any atom is 1.00 e. The Bertz CT molecular complexity index is 125. The van der Waals surface area contributed by atoms with E-state index in [2.05, 4.69) is 12.2 Å². The molecule has 72 valence electrons. The van der Waals surface area contributed by atoms with E-state index < -0.39 is 0 Å². The Balaban J connectivity index is 0. The molecule has 0 saturated heterocycles. The van der Waals surface area contributed by atoms with E-state index in [1.807, 2.05) is 6.92 Å². The molecule has 0 aromatic heterocycles. The first kappa shape index (κ1) is 16.4. The maximum atomic E-state index is 10.6. The molecule has 1 unspecified atom stereocenters. The molecule has 0 bridgehead atoms. The molecule has 0 fully saturated rings. The summed E-state index contributed by atoms with van der Waals surface area (Å²) in [6.07, 6.45) is 4.20. The Labute approximate surface area is 122 Å². The van der Waals surface area contributed by atoms with Crippen LogP contribution in [0.4, 0.5) is 0 Å². The van der Waals surface area contributed by atoms with Crippen molar-refractivity contribution in [3.05, 3.63) is 10.1 Å². The minimum Gasteiger partial charge on any atom is -0.739 e. The number of hydrogen-bond donors (Lipinski definition) is 0. The fourth-order valence-corrected chi connectivity index (χ4v) is 1.17. The van der Waals surface area contributed by atoms with Gasteiger partial charge in [-0.25, -0.2) is 0 Å². The van der Waals surface area contributed by atoms with Crippen molar-refractivity contribution in [2.75, 3.05) is 6.54 Å². The van der Waals surface area contributed by atoms with E-state index in [9.17, 15) is 10.1 Å². The molecule has 0 aromatic carbocycles. The first-order valence-corrected chi connectivity index (χ1v) is 4.52. The van der Waals surface area contributed by atoms with Crippen molar-refractivity contribution in [2.45, 2.75) is 39.5 Å². The molecule has 0 amide bonds. The fraction of sp³-hybridized carbons (Fsp3) is 1.00. The van der Waals surface area contributed by atoms with Crippen LogP contribution in [0.15, 0.2) is 5.29 Å². The Kier molecular flexibility index (Phi) is 14.0. The van der Waals surface area contributed by atoms with Crippen LogP contribution in [0.2, 0.25) is 0 Å². The van der Waals surface area contributed by atoms with Gasteiger partial charge in [0.05, 0.1) is 0 Å². The molecule has 0 aliphatic carbocycles. The predicted molar refractivity (Wildman–Crippen MR) is 49.2 cm³/mol.